The fraction of sp³-hybridized carbons (Fsp3) is 0.333. The maximum atomic E-state index is 11.9. The van der Waals surface area contributed by atoms with Crippen LogP contribution < -0.4 is 5.73 Å². The summed E-state index contributed by atoms with van der Waals surface area (Å²) in [5.41, 5.74) is 7.16. The van der Waals surface area contributed by atoms with Gasteiger partial charge >= 0.3 is 0 Å². The van der Waals surface area contributed by atoms with Crippen LogP contribution in [-0.4, -0.2) is 22.8 Å². The van der Waals surface area contributed by atoms with Crippen LogP contribution in [-0.2, 0) is 22.6 Å². The summed E-state index contributed by atoms with van der Waals surface area (Å²) in [4.78, 5) is 24.5. The average molecular weight is 253 g/mol. The summed E-state index contributed by atoms with van der Waals surface area (Å²) in [7, 11) is 0. The minimum atomic E-state index is -0.577. The molecule has 4 nitrogen and oxygen atoms in total. The molecule has 1 heterocycles. The summed E-state index contributed by atoms with van der Waals surface area (Å²) < 4.78 is 0. The summed E-state index contributed by atoms with van der Waals surface area (Å²) in [6.45, 7) is 2.05. The molecule has 1 aliphatic heterocycles. The highest BCUT2D eigenvalue weighted by molar-refractivity contribution is 6.30. The van der Waals surface area contributed by atoms with E-state index in [0.717, 1.165) is 11.1 Å². The normalized spacial score (nSPS) is 16.6. The molecule has 1 atom stereocenters. The van der Waals surface area contributed by atoms with Gasteiger partial charge in [-0.05, 0) is 30.2 Å². The van der Waals surface area contributed by atoms with Gasteiger partial charge in [0, 0.05) is 11.6 Å². The van der Waals surface area contributed by atoms with Gasteiger partial charge in [0.05, 0.1) is 6.42 Å². The minimum absolute atomic E-state index is 0.0916. The van der Waals surface area contributed by atoms with Gasteiger partial charge < -0.3 is 10.6 Å². The molecule has 2 amide bonds. The van der Waals surface area contributed by atoms with Gasteiger partial charge in [0.15, 0.2) is 0 Å². The molecule has 0 aliphatic carbocycles. The molecule has 5 heteroatoms. The third-order valence-electron chi connectivity index (χ3n) is 3.05. The van der Waals surface area contributed by atoms with Gasteiger partial charge in [-0.25, -0.2) is 0 Å². The monoisotopic (exact) mass is 252 g/mol. The van der Waals surface area contributed by atoms with Crippen molar-refractivity contribution in [2.24, 2.45) is 5.73 Å². The lowest BCUT2D eigenvalue weighted by Gasteiger charge is -2.32. The number of carbonyl (C=O) groups is 2. The van der Waals surface area contributed by atoms with E-state index in [4.69, 9.17) is 17.3 Å². The molecule has 0 radical (unpaired) electrons. The second-order valence-corrected chi connectivity index (χ2v) is 4.63. The molecule has 1 aromatic rings. The van der Waals surface area contributed by atoms with E-state index in [9.17, 15) is 9.59 Å². The Morgan fingerprint density at radius 2 is 2.18 bits per heavy atom. The van der Waals surface area contributed by atoms with E-state index < -0.39 is 11.9 Å². The fourth-order valence-electron chi connectivity index (χ4n) is 1.96. The average Bonchev–Trinajstić information content (AvgIpc) is 2.27. The first kappa shape index (κ1) is 11.9. The third-order valence-corrected chi connectivity index (χ3v) is 3.29. The number of primary amides is 1. The topological polar surface area (TPSA) is 63.4 Å². The molecule has 0 bridgehead atoms. The van der Waals surface area contributed by atoms with Crippen LogP contribution in [0.15, 0.2) is 18.2 Å². The zero-order valence-corrected chi connectivity index (χ0v) is 10.2. The van der Waals surface area contributed by atoms with Crippen LogP contribution in [0.3, 0.4) is 0 Å². The van der Waals surface area contributed by atoms with Gasteiger partial charge in [-0.1, -0.05) is 17.7 Å². The molecule has 90 valence electrons. The van der Waals surface area contributed by atoms with E-state index in [1.165, 1.54) is 4.90 Å². The van der Waals surface area contributed by atoms with Gasteiger partial charge in [-0.15, -0.1) is 0 Å². The molecule has 0 fully saturated rings. The Morgan fingerprint density at radius 1 is 1.47 bits per heavy atom. The highest BCUT2D eigenvalue weighted by Crippen LogP contribution is 2.24. The smallest absolute Gasteiger partial charge is 0.239 e. The number of hydrogen-bond acceptors (Lipinski definition) is 2. The van der Waals surface area contributed by atoms with Crippen LogP contribution in [0.5, 0.6) is 0 Å². The Balaban J connectivity index is 2.30. The SMILES string of the molecule is CC(C(N)=O)N1Cc2ccc(Cl)cc2CC1=O. The van der Waals surface area contributed by atoms with E-state index in [1.807, 2.05) is 6.07 Å². The van der Waals surface area contributed by atoms with E-state index in [0.29, 0.717) is 11.6 Å². The van der Waals surface area contributed by atoms with Crippen molar-refractivity contribution in [1.82, 2.24) is 4.90 Å². The Hall–Kier alpha value is -1.55. The Labute approximate surface area is 104 Å². The predicted octanol–water partition coefficient (Wildman–Crippen LogP) is 1.10. The minimum Gasteiger partial charge on any atom is -0.368 e. The molecule has 1 unspecified atom stereocenters. The second-order valence-electron chi connectivity index (χ2n) is 4.19. The Morgan fingerprint density at radius 3 is 2.82 bits per heavy atom. The highest BCUT2D eigenvalue weighted by atomic mass is 35.5. The zero-order valence-electron chi connectivity index (χ0n) is 9.44. The van der Waals surface area contributed by atoms with Crippen molar-refractivity contribution < 1.29 is 9.59 Å². The summed E-state index contributed by atoms with van der Waals surface area (Å²) in [6.07, 6.45) is 0.271. The molecular weight excluding hydrogens is 240 g/mol. The number of carbonyl (C=O) groups excluding carboxylic acids is 2. The molecule has 17 heavy (non-hydrogen) atoms. The van der Waals surface area contributed by atoms with Gasteiger partial charge in [-0.3, -0.25) is 9.59 Å². The lowest BCUT2D eigenvalue weighted by molar-refractivity contribution is -0.139. The highest BCUT2D eigenvalue weighted by Gasteiger charge is 2.29. The molecule has 2 N–H and O–H groups in total. The maximum absolute atomic E-state index is 11.9. The first-order valence-electron chi connectivity index (χ1n) is 5.35. The molecule has 1 aliphatic rings. The number of fused-ring (bicyclic) bond motifs is 1. The number of amides is 2. The van der Waals surface area contributed by atoms with E-state index >= 15 is 0 Å². The van der Waals surface area contributed by atoms with Crippen molar-refractivity contribution in [2.45, 2.75) is 25.9 Å². The molecule has 1 aromatic carbocycles. The molecule has 0 aromatic heterocycles. The van der Waals surface area contributed by atoms with Crippen molar-refractivity contribution in [3.05, 3.63) is 34.3 Å². The largest absolute Gasteiger partial charge is 0.368 e. The Kier molecular flexibility index (Phi) is 3.07. The fourth-order valence-corrected chi connectivity index (χ4v) is 2.15. The molecule has 2 rings (SSSR count). The van der Waals surface area contributed by atoms with Crippen LogP contribution in [0.4, 0.5) is 0 Å². The first-order valence-corrected chi connectivity index (χ1v) is 5.73. The van der Waals surface area contributed by atoms with E-state index in [1.54, 1.807) is 19.1 Å². The number of hydrogen-bond donors (Lipinski definition) is 1. The zero-order chi connectivity index (χ0) is 12.6. The standard InChI is InChI=1S/C12H13ClN2O2/c1-7(12(14)17)15-6-8-2-3-10(13)4-9(8)5-11(15)16/h2-4,7H,5-6H2,1H3,(H2,14,17). The van der Waals surface area contributed by atoms with Crippen molar-refractivity contribution in [1.29, 1.82) is 0 Å². The van der Waals surface area contributed by atoms with Gasteiger partial charge in [0.25, 0.3) is 0 Å². The number of halogens is 1. The lowest BCUT2D eigenvalue weighted by atomic mass is 9.98. The summed E-state index contributed by atoms with van der Waals surface area (Å²) in [5.74, 6) is -0.582. The molecular formula is C12H13ClN2O2. The van der Waals surface area contributed by atoms with Crippen LogP contribution in [0.2, 0.25) is 5.02 Å². The quantitative estimate of drug-likeness (QED) is 0.857. The van der Waals surface area contributed by atoms with E-state index in [-0.39, 0.29) is 12.3 Å². The number of rotatable bonds is 2. The van der Waals surface area contributed by atoms with Crippen molar-refractivity contribution in [3.8, 4) is 0 Å². The van der Waals surface area contributed by atoms with Gasteiger partial charge in [-0.2, -0.15) is 0 Å². The number of nitrogens with zero attached hydrogens (tertiary/aromatic N) is 1. The second kappa shape index (κ2) is 4.37. The number of nitrogens with two attached hydrogens (primary N) is 1. The molecule has 0 spiro atoms. The molecule has 0 saturated heterocycles. The Bertz CT molecular complexity index is 487. The van der Waals surface area contributed by atoms with Gasteiger partial charge in [0.2, 0.25) is 11.8 Å². The van der Waals surface area contributed by atoms with Crippen LogP contribution in [0, 0.1) is 0 Å². The lowest BCUT2D eigenvalue weighted by Crippen LogP contribution is -2.48. The van der Waals surface area contributed by atoms with Crippen molar-refractivity contribution >= 4 is 23.4 Å². The van der Waals surface area contributed by atoms with E-state index in [2.05, 4.69) is 0 Å². The molecule has 0 saturated carbocycles. The summed E-state index contributed by atoms with van der Waals surface area (Å²) in [6, 6.07) is 4.88. The summed E-state index contributed by atoms with van der Waals surface area (Å²) in [5, 5.41) is 0.618. The summed E-state index contributed by atoms with van der Waals surface area (Å²) >= 11 is 5.87. The third kappa shape index (κ3) is 2.26. The predicted molar refractivity (Wildman–Crippen MR) is 64.4 cm³/mol. The van der Waals surface area contributed by atoms with Crippen molar-refractivity contribution in [2.75, 3.05) is 0 Å². The van der Waals surface area contributed by atoms with Crippen molar-refractivity contribution in [3.63, 3.8) is 0 Å². The van der Waals surface area contributed by atoms with Gasteiger partial charge in [0.1, 0.15) is 6.04 Å². The van der Waals surface area contributed by atoms with Crippen LogP contribution in [0.25, 0.3) is 0 Å². The van der Waals surface area contributed by atoms with Crippen LogP contribution >= 0.6 is 11.6 Å². The van der Waals surface area contributed by atoms with Crippen LogP contribution in [0.1, 0.15) is 18.1 Å². The maximum Gasteiger partial charge on any atom is 0.239 e. The first-order chi connectivity index (χ1) is 7.99. The number of benzene rings is 1.